The van der Waals surface area contributed by atoms with E-state index in [2.05, 4.69) is 4.98 Å². The Bertz CT molecular complexity index is 1100. The minimum absolute atomic E-state index is 0.254. The summed E-state index contributed by atoms with van der Waals surface area (Å²) in [4.78, 5) is 17.9. The largest absolute Gasteiger partial charge is 0.481 e. The van der Waals surface area contributed by atoms with Crippen LogP contribution in [0.1, 0.15) is 26.3 Å². The molecule has 1 unspecified atom stereocenters. The lowest BCUT2D eigenvalue weighted by Gasteiger charge is -2.22. The zero-order valence-electron chi connectivity index (χ0n) is 18.1. The highest BCUT2D eigenvalue weighted by molar-refractivity contribution is 5.75. The number of nitrogens with zero attached hydrogens (tertiary/aromatic N) is 2. The molecule has 0 fully saturated rings. The van der Waals surface area contributed by atoms with Gasteiger partial charge in [0.1, 0.15) is 17.1 Å². The van der Waals surface area contributed by atoms with Crippen LogP contribution in [-0.2, 0) is 14.3 Å². The average Bonchev–Trinajstić information content (AvgIpc) is 3.41. The van der Waals surface area contributed by atoms with Crippen LogP contribution in [0.4, 0.5) is 5.69 Å². The summed E-state index contributed by atoms with van der Waals surface area (Å²) in [6, 6.07) is 15.2. The van der Waals surface area contributed by atoms with E-state index < -0.39 is 17.9 Å². The third-order valence-corrected chi connectivity index (χ3v) is 4.56. The summed E-state index contributed by atoms with van der Waals surface area (Å²) >= 11 is 0. The number of hydrogen-bond donors (Lipinski definition) is 1. The van der Waals surface area contributed by atoms with Gasteiger partial charge in [-0.3, -0.25) is 10.6 Å². The van der Waals surface area contributed by atoms with Gasteiger partial charge < -0.3 is 18.6 Å². The quantitative estimate of drug-likeness (QED) is 0.577. The highest BCUT2D eigenvalue weighted by atomic mass is 16.6. The number of hydrogen-bond acceptors (Lipinski definition) is 8. The summed E-state index contributed by atoms with van der Waals surface area (Å²) < 4.78 is 22.4. The highest BCUT2D eigenvalue weighted by Crippen LogP contribution is 2.36. The lowest BCUT2D eigenvalue weighted by Crippen LogP contribution is -2.36. The molecule has 8 heteroatoms. The number of carbonyl (C=O) groups excluding carboxylic acids is 1. The molecule has 4 rings (SSSR count). The number of aromatic nitrogens is 1. The molecule has 1 atom stereocenters. The van der Waals surface area contributed by atoms with Gasteiger partial charge in [0.25, 0.3) is 0 Å². The van der Waals surface area contributed by atoms with Crippen molar-refractivity contribution in [3.8, 4) is 17.1 Å². The van der Waals surface area contributed by atoms with Crippen molar-refractivity contribution in [3.63, 3.8) is 0 Å². The molecule has 166 valence electrons. The molecule has 0 saturated carbocycles. The minimum atomic E-state index is -0.708. The number of esters is 1. The van der Waals surface area contributed by atoms with Gasteiger partial charge in [0.2, 0.25) is 6.35 Å². The van der Waals surface area contributed by atoms with E-state index in [1.807, 2.05) is 48.7 Å². The minimum Gasteiger partial charge on any atom is -0.481 e. The van der Waals surface area contributed by atoms with Crippen LogP contribution in [0.5, 0.6) is 5.75 Å². The number of anilines is 1. The SMILES string of the molecule is CC(C)(C)OC(=O)COc1cc(N2C=C(c3ccccc3)OC2N)ccc1-c1cnco1. The maximum absolute atomic E-state index is 12.2. The molecular weight excluding hydrogens is 410 g/mol. The predicted octanol–water partition coefficient (Wildman–Crippen LogP) is 4.14. The second kappa shape index (κ2) is 8.76. The second-order valence-corrected chi connectivity index (χ2v) is 8.20. The fraction of sp³-hybridized carbons (Fsp3) is 0.250. The first-order valence-electron chi connectivity index (χ1n) is 10.2. The molecule has 0 saturated heterocycles. The molecule has 3 aromatic rings. The molecule has 0 amide bonds. The van der Waals surface area contributed by atoms with E-state index in [9.17, 15) is 4.79 Å². The van der Waals surface area contributed by atoms with Gasteiger partial charge in [-0.15, -0.1) is 0 Å². The van der Waals surface area contributed by atoms with Crippen molar-refractivity contribution >= 4 is 17.4 Å². The fourth-order valence-electron chi connectivity index (χ4n) is 3.23. The van der Waals surface area contributed by atoms with Crippen molar-refractivity contribution < 1.29 is 23.4 Å². The maximum Gasteiger partial charge on any atom is 0.344 e. The molecule has 1 aliphatic rings. The number of oxazole rings is 1. The Labute approximate surface area is 186 Å². The normalized spacial score (nSPS) is 15.8. The zero-order chi connectivity index (χ0) is 22.7. The Kier molecular flexibility index (Phi) is 5.87. The van der Waals surface area contributed by atoms with Gasteiger partial charge in [-0.05, 0) is 32.9 Å². The second-order valence-electron chi connectivity index (χ2n) is 8.20. The van der Waals surface area contributed by atoms with Crippen molar-refractivity contribution in [2.75, 3.05) is 11.5 Å². The number of nitrogens with two attached hydrogens (primary N) is 1. The van der Waals surface area contributed by atoms with Gasteiger partial charge in [0.05, 0.1) is 18.0 Å². The van der Waals surface area contributed by atoms with Gasteiger partial charge in [-0.2, -0.15) is 0 Å². The molecule has 2 heterocycles. The van der Waals surface area contributed by atoms with Crippen LogP contribution in [0, 0.1) is 0 Å². The van der Waals surface area contributed by atoms with E-state index in [0.717, 1.165) is 11.3 Å². The summed E-state index contributed by atoms with van der Waals surface area (Å²) in [5.41, 5.74) is 7.92. The number of benzene rings is 2. The van der Waals surface area contributed by atoms with Crippen LogP contribution in [0.25, 0.3) is 17.1 Å². The summed E-state index contributed by atoms with van der Waals surface area (Å²) in [5, 5.41) is 0. The molecule has 0 spiro atoms. The van der Waals surface area contributed by atoms with Crippen molar-refractivity contribution in [1.82, 2.24) is 4.98 Å². The van der Waals surface area contributed by atoms with Crippen molar-refractivity contribution in [2.45, 2.75) is 32.7 Å². The van der Waals surface area contributed by atoms with Crippen LogP contribution in [0.2, 0.25) is 0 Å². The maximum atomic E-state index is 12.2. The van der Waals surface area contributed by atoms with Crippen molar-refractivity contribution in [1.29, 1.82) is 0 Å². The third-order valence-electron chi connectivity index (χ3n) is 4.56. The van der Waals surface area contributed by atoms with Gasteiger partial charge in [-0.25, -0.2) is 9.78 Å². The van der Waals surface area contributed by atoms with Gasteiger partial charge in [-0.1, -0.05) is 30.3 Å². The van der Waals surface area contributed by atoms with Gasteiger partial charge in [0, 0.05) is 17.3 Å². The monoisotopic (exact) mass is 435 g/mol. The lowest BCUT2D eigenvalue weighted by molar-refractivity contribution is -0.157. The van der Waals surface area contributed by atoms with Crippen LogP contribution < -0.4 is 15.4 Å². The standard InChI is InChI=1S/C24H25N3O5/c1-24(2,3)32-22(28)14-29-19-11-17(9-10-18(19)20-12-26-15-30-20)27-13-21(31-23(27)25)16-7-5-4-6-8-16/h4-13,15,23H,14,25H2,1-3H3. The van der Waals surface area contributed by atoms with Crippen molar-refractivity contribution in [3.05, 3.63) is 72.9 Å². The molecular formula is C24H25N3O5. The van der Waals surface area contributed by atoms with Crippen LogP contribution in [0.15, 0.2) is 71.7 Å². The highest BCUT2D eigenvalue weighted by Gasteiger charge is 2.26. The Morgan fingerprint density at radius 1 is 1.19 bits per heavy atom. The average molecular weight is 435 g/mol. The smallest absolute Gasteiger partial charge is 0.344 e. The van der Waals surface area contributed by atoms with Crippen LogP contribution >= 0.6 is 0 Å². The van der Waals surface area contributed by atoms with Crippen LogP contribution in [0.3, 0.4) is 0 Å². The number of carbonyl (C=O) groups is 1. The first kappa shape index (κ1) is 21.5. The predicted molar refractivity (Wildman–Crippen MR) is 119 cm³/mol. The molecule has 32 heavy (non-hydrogen) atoms. The summed E-state index contributed by atoms with van der Waals surface area (Å²) in [7, 11) is 0. The zero-order valence-corrected chi connectivity index (χ0v) is 18.1. The third kappa shape index (κ3) is 4.92. The summed E-state index contributed by atoms with van der Waals surface area (Å²) in [5.74, 6) is 1.13. The van der Waals surface area contributed by atoms with Crippen LogP contribution in [-0.4, -0.2) is 29.5 Å². The van der Waals surface area contributed by atoms with E-state index in [1.165, 1.54) is 6.39 Å². The van der Waals surface area contributed by atoms with Gasteiger partial charge >= 0.3 is 5.97 Å². The molecule has 2 N–H and O–H groups in total. The Hall–Kier alpha value is -3.78. The first-order chi connectivity index (χ1) is 15.3. The molecule has 8 nitrogen and oxygen atoms in total. The van der Waals surface area contributed by atoms with Gasteiger partial charge in [0.15, 0.2) is 18.8 Å². The Balaban J connectivity index is 1.62. The lowest BCUT2D eigenvalue weighted by atomic mass is 10.1. The van der Waals surface area contributed by atoms with Crippen molar-refractivity contribution in [2.24, 2.45) is 5.73 Å². The summed E-state index contributed by atoms with van der Waals surface area (Å²) in [6.45, 7) is 5.15. The van der Waals surface area contributed by atoms with E-state index in [1.54, 1.807) is 37.9 Å². The van der Waals surface area contributed by atoms with E-state index in [4.69, 9.17) is 24.4 Å². The molecule has 0 radical (unpaired) electrons. The van der Waals surface area contributed by atoms with E-state index in [0.29, 0.717) is 22.8 Å². The fourth-order valence-corrected chi connectivity index (χ4v) is 3.23. The topological polar surface area (TPSA) is 100 Å². The first-order valence-corrected chi connectivity index (χ1v) is 10.2. The van der Waals surface area contributed by atoms with E-state index in [-0.39, 0.29) is 6.61 Å². The molecule has 0 aliphatic carbocycles. The Morgan fingerprint density at radius 2 is 1.97 bits per heavy atom. The Morgan fingerprint density at radius 3 is 2.66 bits per heavy atom. The number of ether oxygens (including phenoxy) is 3. The number of rotatable bonds is 6. The van der Waals surface area contributed by atoms with E-state index >= 15 is 0 Å². The summed E-state index contributed by atoms with van der Waals surface area (Å²) in [6.07, 6.45) is 4.04. The molecule has 1 aromatic heterocycles. The molecule has 0 bridgehead atoms. The molecule has 1 aliphatic heterocycles. The molecule has 2 aromatic carbocycles.